The van der Waals surface area contributed by atoms with Crippen LogP contribution in [0.5, 0.6) is 0 Å². The fourth-order valence-electron chi connectivity index (χ4n) is 2.34. The van der Waals surface area contributed by atoms with Crippen LogP contribution in [0.2, 0.25) is 0 Å². The number of sulfone groups is 1. The first-order valence-corrected chi connectivity index (χ1v) is 8.07. The molecule has 17 heavy (non-hydrogen) atoms. The molecule has 5 heteroatoms. The van der Waals surface area contributed by atoms with Crippen molar-refractivity contribution < 1.29 is 13.5 Å². The van der Waals surface area contributed by atoms with Gasteiger partial charge in [-0.1, -0.05) is 32.6 Å². The van der Waals surface area contributed by atoms with Gasteiger partial charge in [0.15, 0.2) is 9.84 Å². The molecule has 0 aromatic heterocycles. The molecule has 1 aliphatic rings. The summed E-state index contributed by atoms with van der Waals surface area (Å²) in [5.41, 5.74) is -1.05. The number of hydrogen-bond acceptors (Lipinski definition) is 4. The molecular formula is C12H21NO3S. The van der Waals surface area contributed by atoms with E-state index >= 15 is 0 Å². The maximum absolute atomic E-state index is 11.4. The van der Waals surface area contributed by atoms with E-state index in [1.165, 1.54) is 0 Å². The van der Waals surface area contributed by atoms with E-state index in [9.17, 15) is 13.5 Å². The van der Waals surface area contributed by atoms with Crippen LogP contribution in [-0.2, 0) is 9.84 Å². The van der Waals surface area contributed by atoms with E-state index in [-0.39, 0.29) is 17.9 Å². The van der Waals surface area contributed by atoms with Gasteiger partial charge in [-0.2, -0.15) is 5.26 Å². The largest absolute Gasteiger partial charge is 0.391 e. The van der Waals surface area contributed by atoms with Crippen LogP contribution in [0.25, 0.3) is 0 Å². The van der Waals surface area contributed by atoms with E-state index in [4.69, 9.17) is 5.26 Å². The highest BCUT2D eigenvalue weighted by atomic mass is 32.2. The van der Waals surface area contributed by atoms with Crippen molar-refractivity contribution in [3.63, 3.8) is 0 Å². The Bertz CT molecular complexity index is 385. The van der Waals surface area contributed by atoms with Crippen molar-refractivity contribution in [1.29, 1.82) is 5.26 Å². The lowest BCUT2D eigenvalue weighted by Crippen LogP contribution is -2.35. The van der Waals surface area contributed by atoms with Crippen molar-refractivity contribution in [3.05, 3.63) is 0 Å². The van der Waals surface area contributed by atoms with E-state index in [0.717, 1.165) is 25.7 Å². The molecule has 0 aliphatic carbocycles. The molecule has 0 radical (unpaired) electrons. The average Bonchev–Trinajstić information content (AvgIpc) is 2.61. The van der Waals surface area contributed by atoms with Crippen LogP contribution in [0.15, 0.2) is 0 Å². The van der Waals surface area contributed by atoms with Crippen LogP contribution < -0.4 is 0 Å². The zero-order valence-corrected chi connectivity index (χ0v) is 11.2. The Hall–Kier alpha value is -0.600. The third-order valence-electron chi connectivity index (χ3n) is 3.53. The quantitative estimate of drug-likeness (QED) is 0.736. The van der Waals surface area contributed by atoms with Gasteiger partial charge in [0.25, 0.3) is 0 Å². The van der Waals surface area contributed by atoms with Gasteiger partial charge in [-0.25, -0.2) is 8.42 Å². The molecule has 1 fully saturated rings. The molecule has 0 saturated carbocycles. The van der Waals surface area contributed by atoms with E-state index in [1.807, 2.05) is 6.07 Å². The highest BCUT2D eigenvalue weighted by molar-refractivity contribution is 7.91. The van der Waals surface area contributed by atoms with Crippen LogP contribution in [-0.4, -0.2) is 31.1 Å². The Morgan fingerprint density at radius 3 is 2.59 bits per heavy atom. The summed E-state index contributed by atoms with van der Waals surface area (Å²) in [5, 5.41) is 19.2. The molecule has 0 bridgehead atoms. The Labute approximate surface area is 104 Å². The molecule has 2 unspecified atom stereocenters. The minimum absolute atomic E-state index is 0.0343. The van der Waals surface area contributed by atoms with Crippen LogP contribution >= 0.6 is 0 Å². The molecule has 1 rings (SSSR count). The molecule has 98 valence electrons. The van der Waals surface area contributed by atoms with Gasteiger partial charge in [0, 0.05) is 0 Å². The molecule has 1 saturated heterocycles. The second-order valence-corrected chi connectivity index (χ2v) is 7.16. The Morgan fingerprint density at radius 2 is 2.12 bits per heavy atom. The fourth-order valence-corrected chi connectivity index (χ4v) is 4.35. The summed E-state index contributed by atoms with van der Waals surface area (Å²) in [6.07, 6.45) is 4.13. The maximum Gasteiger partial charge on any atom is 0.152 e. The van der Waals surface area contributed by atoms with Crippen LogP contribution in [0.4, 0.5) is 0 Å². The van der Waals surface area contributed by atoms with Gasteiger partial charge in [0.2, 0.25) is 0 Å². The van der Waals surface area contributed by atoms with Gasteiger partial charge in [-0.05, 0) is 12.8 Å². The lowest BCUT2D eigenvalue weighted by molar-refractivity contribution is 0.0690. The van der Waals surface area contributed by atoms with Gasteiger partial charge < -0.3 is 5.11 Å². The number of hydrogen-bond donors (Lipinski definition) is 1. The number of aliphatic hydroxyl groups is 1. The van der Waals surface area contributed by atoms with Crippen LogP contribution in [0.3, 0.4) is 0 Å². The number of unbranched alkanes of at least 4 members (excludes halogenated alkanes) is 3. The van der Waals surface area contributed by atoms with E-state index < -0.39 is 21.4 Å². The minimum Gasteiger partial charge on any atom is -0.391 e. The van der Waals surface area contributed by atoms with Crippen molar-refractivity contribution in [2.45, 2.75) is 51.6 Å². The predicted molar refractivity (Wildman–Crippen MR) is 66.1 cm³/mol. The molecule has 0 spiro atoms. The zero-order chi connectivity index (χ0) is 12.9. The van der Waals surface area contributed by atoms with Gasteiger partial charge in [-0.15, -0.1) is 0 Å². The summed E-state index contributed by atoms with van der Waals surface area (Å²) in [7, 11) is -3.13. The summed E-state index contributed by atoms with van der Waals surface area (Å²) >= 11 is 0. The van der Waals surface area contributed by atoms with Crippen molar-refractivity contribution in [1.82, 2.24) is 0 Å². The number of nitrogens with zero attached hydrogens (tertiary/aromatic N) is 1. The van der Waals surface area contributed by atoms with E-state index in [2.05, 4.69) is 6.92 Å². The smallest absolute Gasteiger partial charge is 0.152 e. The van der Waals surface area contributed by atoms with Gasteiger partial charge >= 0.3 is 0 Å². The summed E-state index contributed by atoms with van der Waals surface area (Å²) in [6.45, 7) is 2.11. The summed E-state index contributed by atoms with van der Waals surface area (Å²) in [5.74, 6) is -0.141. The highest BCUT2D eigenvalue weighted by Crippen LogP contribution is 2.37. The van der Waals surface area contributed by atoms with Gasteiger partial charge in [-0.3, -0.25) is 0 Å². The monoisotopic (exact) mass is 259 g/mol. The van der Waals surface area contributed by atoms with Crippen molar-refractivity contribution in [2.24, 2.45) is 5.41 Å². The molecule has 0 aromatic carbocycles. The standard InChI is InChI=1S/C12H21NO3S/c1-2-3-4-5-6-11(14)12(9-13)7-8-17(15,16)10-12/h11,14H,2-8,10H2,1H3. The predicted octanol–water partition coefficient (Wildman–Crippen LogP) is 1.65. The first kappa shape index (κ1) is 14.5. The number of nitriles is 1. The Balaban J connectivity index is 2.54. The third-order valence-corrected chi connectivity index (χ3v) is 5.31. The van der Waals surface area contributed by atoms with Crippen LogP contribution in [0, 0.1) is 16.7 Å². The first-order chi connectivity index (χ1) is 7.96. The van der Waals surface area contributed by atoms with Crippen molar-refractivity contribution in [3.8, 4) is 6.07 Å². The summed E-state index contributed by atoms with van der Waals surface area (Å²) in [4.78, 5) is 0. The summed E-state index contributed by atoms with van der Waals surface area (Å²) in [6, 6.07) is 2.04. The zero-order valence-electron chi connectivity index (χ0n) is 10.4. The number of rotatable bonds is 6. The molecule has 1 heterocycles. The molecule has 2 atom stereocenters. The molecule has 4 nitrogen and oxygen atoms in total. The number of aliphatic hydroxyl groups excluding tert-OH is 1. The minimum atomic E-state index is -3.13. The molecule has 1 aliphatic heterocycles. The summed E-state index contributed by atoms with van der Waals surface area (Å²) < 4.78 is 22.8. The Morgan fingerprint density at radius 1 is 1.41 bits per heavy atom. The third kappa shape index (κ3) is 3.68. The lowest BCUT2D eigenvalue weighted by Gasteiger charge is -2.25. The normalized spacial score (nSPS) is 28.8. The molecule has 0 aromatic rings. The van der Waals surface area contributed by atoms with Crippen molar-refractivity contribution >= 4 is 9.84 Å². The molecular weight excluding hydrogens is 238 g/mol. The van der Waals surface area contributed by atoms with Gasteiger partial charge in [0.1, 0.15) is 0 Å². The maximum atomic E-state index is 11.4. The van der Waals surface area contributed by atoms with Crippen LogP contribution in [0.1, 0.15) is 45.4 Å². The average molecular weight is 259 g/mol. The molecule has 1 N–H and O–H groups in total. The lowest BCUT2D eigenvalue weighted by atomic mass is 9.81. The topological polar surface area (TPSA) is 78.2 Å². The Kier molecular flexibility index (Phi) is 4.96. The highest BCUT2D eigenvalue weighted by Gasteiger charge is 2.47. The second-order valence-electron chi connectivity index (χ2n) is 4.98. The van der Waals surface area contributed by atoms with E-state index in [1.54, 1.807) is 0 Å². The fraction of sp³-hybridized carbons (Fsp3) is 0.917. The first-order valence-electron chi connectivity index (χ1n) is 6.25. The van der Waals surface area contributed by atoms with Crippen molar-refractivity contribution in [2.75, 3.05) is 11.5 Å². The SMILES string of the molecule is CCCCCCC(O)C1(C#N)CCS(=O)(=O)C1. The van der Waals surface area contributed by atoms with E-state index in [0.29, 0.717) is 6.42 Å². The second kappa shape index (κ2) is 5.83. The van der Waals surface area contributed by atoms with Gasteiger partial charge in [0.05, 0.1) is 29.1 Å². The molecule has 0 amide bonds.